The molecule has 0 saturated carbocycles. The zero-order valence-corrected chi connectivity index (χ0v) is 13.5. The second kappa shape index (κ2) is 9.23. The van der Waals surface area contributed by atoms with Crippen molar-refractivity contribution in [1.82, 2.24) is 10.2 Å². The van der Waals surface area contributed by atoms with Gasteiger partial charge in [0.15, 0.2) is 0 Å². The smallest absolute Gasteiger partial charge is 0.129 e. The molecular weight excluding hydrogens is 264 g/mol. The summed E-state index contributed by atoms with van der Waals surface area (Å²) in [6.07, 6.45) is 6.63. The molecule has 1 N–H and O–H groups in total. The van der Waals surface area contributed by atoms with Crippen LogP contribution < -0.4 is 5.32 Å². The van der Waals surface area contributed by atoms with Crippen molar-refractivity contribution in [3.8, 4) is 0 Å². The zero-order valence-electron chi connectivity index (χ0n) is 13.5. The van der Waals surface area contributed by atoms with Gasteiger partial charge in [-0.2, -0.15) is 0 Å². The van der Waals surface area contributed by atoms with Crippen LogP contribution in [-0.2, 0) is 11.3 Å². The second-order valence-corrected chi connectivity index (χ2v) is 6.20. The van der Waals surface area contributed by atoms with E-state index in [0.29, 0.717) is 18.7 Å². The molecule has 1 aromatic rings. The lowest BCUT2D eigenvalue weighted by molar-refractivity contribution is 0.103. The number of nitrogens with one attached hydrogen (secondary N) is 1. The lowest BCUT2D eigenvalue weighted by atomic mass is 10.1. The summed E-state index contributed by atoms with van der Waals surface area (Å²) in [5.41, 5.74) is 0. The molecule has 21 heavy (non-hydrogen) atoms. The molecule has 0 aromatic carbocycles. The Morgan fingerprint density at radius 1 is 1.38 bits per heavy atom. The first-order valence-electron chi connectivity index (χ1n) is 8.33. The number of nitrogens with zero attached hydrogens (tertiary/aromatic N) is 1. The molecule has 120 valence electrons. The highest BCUT2D eigenvalue weighted by molar-refractivity contribution is 4.95. The number of rotatable bonds is 8. The van der Waals surface area contributed by atoms with Gasteiger partial charge in [-0.15, -0.1) is 0 Å². The van der Waals surface area contributed by atoms with Crippen molar-refractivity contribution in [2.45, 2.75) is 58.2 Å². The fourth-order valence-corrected chi connectivity index (χ4v) is 2.89. The third-order valence-corrected chi connectivity index (χ3v) is 4.22. The standard InChI is InChI=1S/C17H30N2O2/c1-15(2)19-10-3-6-16(8-11-19)18-9-5-12-20-14-17-7-4-13-21-17/h4,7,13,15-16,18H,3,5-6,8-12,14H2,1-2H3. The van der Waals surface area contributed by atoms with Crippen LogP contribution in [0.25, 0.3) is 0 Å². The molecule has 0 aliphatic carbocycles. The van der Waals surface area contributed by atoms with Crippen molar-refractivity contribution in [2.75, 3.05) is 26.2 Å². The summed E-state index contributed by atoms with van der Waals surface area (Å²) < 4.78 is 10.8. The molecule has 1 saturated heterocycles. The summed E-state index contributed by atoms with van der Waals surface area (Å²) in [6, 6.07) is 5.20. The third-order valence-electron chi connectivity index (χ3n) is 4.22. The number of hydrogen-bond acceptors (Lipinski definition) is 4. The van der Waals surface area contributed by atoms with Crippen molar-refractivity contribution in [3.63, 3.8) is 0 Å². The van der Waals surface area contributed by atoms with Gasteiger partial charge >= 0.3 is 0 Å². The van der Waals surface area contributed by atoms with Crippen LogP contribution in [0.5, 0.6) is 0 Å². The average molecular weight is 294 g/mol. The minimum absolute atomic E-state index is 0.583. The molecule has 0 amide bonds. The van der Waals surface area contributed by atoms with Crippen molar-refractivity contribution in [2.24, 2.45) is 0 Å². The number of ether oxygens (including phenoxy) is 1. The first kappa shape index (κ1) is 16.5. The van der Waals surface area contributed by atoms with E-state index in [9.17, 15) is 0 Å². The Morgan fingerprint density at radius 2 is 2.29 bits per heavy atom. The van der Waals surface area contributed by atoms with Gasteiger partial charge in [0.05, 0.1) is 6.26 Å². The van der Waals surface area contributed by atoms with Gasteiger partial charge in [-0.05, 0) is 71.3 Å². The molecule has 2 rings (SSSR count). The van der Waals surface area contributed by atoms with Gasteiger partial charge in [0.25, 0.3) is 0 Å². The van der Waals surface area contributed by atoms with E-state index in [0.717, 1.165) is 25.3 Å². The van der Waals surface area contributed by atoms with Crippen LogP contribution in [0.2, 0.25) is 0 Å². The fraction of sp³-hybridized carbons (Fsp3) is 0.765. The predicted octanol–water partition coefficient (Wildman–Crippen LogP) is 3.04. The Morgan fingerprint density at radius 3 is 3.05 bits per heavy atom. The molecule has 4 nitrogen and oxygen atoms in total. The van der Waals surface area contributed by atoms with Crippen molar-refractivity contribution in [1.29, 1.82) is 0 Å². The van der Waals surface area contributed by atoms with Gasteiger partial charge in [0.2, 0.25) is 0 Å². The fourth-order valence-electron chi connectivity index (χ4n) is 2.89. The molecule has 1 aliphatic rings. The Labute approximate surface area is 128 Å². The Balaban J connectivity index is 1.50. The monoisotopic (exact) mass is 294 g/mol. The Bertz CT molecular complexity index is 365. The first-order valence-corrected chi connectivity index (χ1v) is 8.33. The Hall–Kier alpha value is -0.840. The highest BCUT2D eigenvalue weighted by atomic mass is 16.5. The molecule has 1 fully saturated rings. The van der Waals surface area contributed by atoms with E-state index in [1.165, 1.54) is 32.4 Å². The van der Waals surface area contributed by atoms with E-state index < -0.39 is 0 Å². The van der Waals surface area contributed by atoms with Gasteiger partial charge < -0.3 is 19.4 Å². The maximum atomic E-state index is 5.60. The van der Waals surface area contributed by atoms with Crippen molar-refractivity contribution < 1.29 is 9.15 Å². The highest BCUT2D eigenvalue weighted by Gasteiger charge is 2.17. The van der Waals surface area contributed by atoms with E-state index in [4.69, 9.17) is 9.15 Å². The lowest BCUT2D eigenvalue weighted by Crippen LogP contribution is -2.34. The molecule has 0 bridgehead atoms. The molecule has 1 atom stereocenters. The quantitative estimate of drug-likeness (QED) is 0.748. The van der Waals surface area contributed by atoms with E-state index >= 15 is 0 Å². The summed E-state index contributed by atoms with van der Waals surface area (Å²) in [4.78, 5) is 2.59. The van der Waals surface area contributed by atoms with Crippen LogP contribution in [0.1, 0.15) is 45.3 Å². The van der Waals surface area contributed by atoms with Crippen LogP contribution >= 0.6 is 0 Å². The molecule has 1 aliphatic heterocycles. The Kier molecular flexibility index (Phi) is 7.27. The number of likely N-dealkylation sites (tertiary alicyclic amines) is 1. The van der Waals surface area contributed by atoms with E-state index in [2.05, 4.69) is 24.1 Å². The summed E-state index contributed by atoms with van der Waals surface area (Å²) in [7, 11) is 0. The summed E-state index contributed by atoms with van der Waals surface area (Å²) in [5, 5.41) is 3.68. The lowest BCUT2D eigenvalue weighted by Gasteiger charge is -2.24. The van der Waals surface area contributed by atoms with Gasteiger partial charge in [-0.25, -0.2) is 0 Å². The van der Waals surface area contributed by atoms with E-state index in [-0.39, 0.29) is 0 Å². The maximum absolute atomic E-state index is 5.60. The van der Waals surface area contributed by atoms with Crippen LogP contribution in [-0.4, -0.2) is 43.2 Å². The van der Waals surface area contributed by atoms with Gasteiger partial charge in [0.1, 0.15) is 12.4 Å². The van der Waals surface area contributed by atoms with E-state index in [1.807, 2.05) is 12.1 Å². The molecule has 1 unspecified atom stereocenters. The van der Waals surface area contributed by atoms with Crippen molar-refractivity contribution in [3.05, 3.63) is 24.2 Å². The number of furan rings is 1. The second-order valence-electron chi connectivity index (χ2n) is 6.20. The molecule has 0 radical (unpaired) electrons. The molecule has 0 spiro atoms. The van der Waals surface area contributed by atoms with Gasteiger partial charge in [-0.1, -0.05) is 0 Å². The molecule has 4 heteroatoms. The minimum Gasteiger partial charge on any atom is -0.467 e. The summed E-state index contributed by atoms with van der Waals surface area (Å²) >= 11 is 0. The first-order chi connectivity index (χ1) is 10.3. The summed E-state index contributed by atoms with van der Waals surface area (Å²) in [5.74, 6) is 0.903. The topological polar surface area (TPSA) is 37.6 Å². The van der Waals surface area contributed by atoms with Crippen LogP contribution in [0, 0.1) is 0 Å². The number of hydrogen-bond donors (Lipinski definition) is 1. The van der Waals surface area contributed by atoms with E-state index in [1.54, 1.807) is 6.26 Å². The zero-order chi connectivity index (χ0) is 14.9. The largest absolute Gasteiger partial charge is 0.467 e. The summed E-state index contributed by atoms with van der Waals surface area (Å²) in [6.45, 7) is 9.49. The average Bonchev–Trinajstić information content (AvgIpc) is 2.86. The van der Waals surface area contributed by atoms with Gasteiger partial charge in [-0.3, -0.25) is 0 Å². The van der Waals surface area contributed by atoms with Crippen LogP contribution in [0.4, 0.5) is 0 Å². The SMILES string of the molecule is CC(C)N1CCCC(NCCCOCc2ccco2)CC1. The highest BCUT2D eigenvalue weighted by Crippen LogP contribution is 2.13. The van der Waals surface area contributed by atoms with Crippen molar-refractivity contribution >= 4 is 0 Å². The molecular formula is C17H30N2O2. The van der Waals surface area contributed by atoms with Crippen LogP contribution in [0.15, 0.2) is 22.8 Å². The predicted molar refractivity (Wildman–Crippen MR) is 85.3 cm³/mol. The maximum Gasteiger partial charge on any atom is 0.129 e. The minimum atomic E-state index is 0.583. The molecule has 2 heterocycles. The molecule has 1 aromatic heterocycles. The third kappa shape index (κ3) is 6.20. The van der Waals surface area contributed by atoms with Gasteiger partial charge in [0, 0.05) is 18.7 Å². The normalized spacial score (nSPS) is 20.8. The van der Waals surface area contributed by atoms with Crippen LogP contribution in [0.3, 0.4) is 0 Å².